The Kier molecular flexibility index (Phi) is 3.84. The molecule has 2 rings (SSSR count). The Morgan fingerprint density at radius 3 is 2.39 bits per heavy atom. The molecule has 0 saturated carbocycles. The SMILES string of the molecule is CN(Cc1ncccn1)c1ccc(C(N)=S)cc1. The average molecular weight is 258 g/mol. The normalized spacial score (nSPS) is 10.1. The second kappa shape index (κ2) is 5.55. The van der Waals surface area contributed by atoms with Crippen LogP contribution in [0.15, 0.2) is 42.7 Å². The second-order valence-electron chi connectivity index (χ2n) is 3.93. The molecule has 1 heterocycles. The van der Waals surface area contributed by atoms with Gasteiger partial charge >= 0.3 is 0 Å². The lowest BCUT2D eigenvalue weighted by molar-refractivity contribution is 0.837. The van der Waals surface area contributed by atoms with Crippen LogP contribution in [0.5, 0.6) is 0 Å². The number of hydrogen-bond acceptors (Lipinski definition) is 4. The van der Waals surface area contributed by atoms with Crippen molar-refractivity contribution in [2.75, 3.05) is 11.9 Å². The zero-order chi connectivity index (χ0) is 13.0. The van der Waals surface area contributed by atoms with Gasteiger partial charge in [0.05, 0.1) is 6.54 Å². The number of benzene rings is 1. The maximum atomic E-state index is 5.56. The van der Waals surface area contributed by atoms with Gasteiger partial charge in [-0.1, -0.05) is 12.2 Å². The Morgan fingerprint density at radius 1 is 1.22 bits per heavy atom. The number of anilines is 1. The monoisotopic (exact) mass is 258 g/mol. The summed E-state index contributed by atoms with van der Waals surface area (Å²) in [7, 11) is 1.99. The van der Waals surface area contributed by atoms with Gasteiger partial charge in [-0.3, -0.25) is 0 Å². The van der Waals surface area contributed by atoms with Gasteiger partial charge in [-0.25, -0.2) is 9.97 Å². The van der Waals surface area contributed by atoms with Crippen molar-refractivity contribution in [2.45, 2.75) is 6.54 Å². The third-order valence-corrected chi connectivity index (χ3v) is 2.83. The molecule has 1 aromatic carbocycles. The maximum Gasteiger partial charge on any atom is 0.147 e. The highest BCUT2D eigenvalue weighted by molar-refractivity contribution is 7.80. The summed E-state index contributed by atoms with van der Waals surface area (Å²) < 4.78 is 0. The van der Waals surface area contributed by atoms with Gasteiger partial charge in [0.1, 0.15) is 10.8 Å². The van der Waals surface area contributed by atoms with Crippen LogP contribution < -0.4 is 10.6 Å². The van der Waals surface area contributed by atoms with Crippen LogP contribution in [-0.4, -0.2) is 22.0 Å². The first-order valence-corrected chi connectivity index (χ1v) is 5.94. The molecule has 18 heavy (non-hydrogen) atoms. The molecule has 0 aliphatic carbocycles. The number of thiocarbonyl (C=S) groups is 1. The molecule has 0 aliphatic rings. The molecule has 4 nitrogen and oxygen atoms in total. The molecule has 1 aromatic heterocycles. The van der Waals surface area contributed by atoms with Crippen molar-refractivity contribution in [1.29, 1.82) is 0 Å². The Labute approximate surface area is 111 Å². The molecule has 2 N–H and O–H groups in total. The van der Waals surface area contributed by atoms with E-state index in [0.29, 0.717) is 11.5 Å². The van der Waals surface area contributed by atoms with Crippen LogP contribution in [0.25, 0.3) is 0 Å². The number of rotatable bonds is 4. The van der Waals surface area contributed by atoms with Crippen LogP contribution in [0.4, 0.5) is 5.69 Å². The van der Waals surface area contributed by atoms with E-state index in [1.54, 1.807) is 18.5 Å². The van der Waals surface area contributed by atoms with E-state index in [-0.39, 0.29) is 0 Å². The highest BCUT2D eigenvalue weighted by Crippen LogP contribution is 2.15. The van der Waals surface area contributed by atoms with Crippen LogP contribution in [0.3, 0.4) is 0 Å². The summed E-state index contributed by atoms with van der Waals surface area (Å²) in [6.07, 6.45) is 3.48. The van der Waals surface area contributed by atoms with Crippen LogP contribution in [-0.2, 0) is 6.54 Å². The Morgan fingerprint density at radius 2 is 1.83 bits per heavy atom. The van der Waals surface area contributed by atoms with Gasteiger partial charge < -0.3 is 10.6 Å². The fourth-order valence-electron chi connectivity index (χ4n) is 1.60. The van der Waals surface area contributed by atoms with Gasteiger partial charge in [-0.2, -0.15) is 0 Å². The minimum atomic E-state index is 0.413. The van der Waals surface area contributed by atoms with Gasteiger partial charge in [-0.15, -0.1) is 0 Å². The summed E-state index contributed by atoms with van der Waals surface area (Å²) in [4.78, 5) is 10.9. The summed E-state index contributed by atoms with van der Waals surface area (Å²) in [6.45, 7) is 0.660. The molecule has 0 unspecified atom stereocenters. The molecular weight excluding hydrogens is 244 g/mol. The minimum absolute atomic E-state index is 0.413. The van der Waals surface area contributed by atoms with Crippen LogP contribution in [0.1, 0.15) is 11.4 Å². The minimum Gasteiger partial charge on any atom is -0.389 e. The lowest BCUT2D eigenvalue weighted by Gasteiger charge is -2.18. The van der Waals surface area contributed by atoms with Gasteiger partial charge in [0.2, 0.25) is 0 Å². The topological polar surface area (TPSA) is 55.0 Å². The first-order valence-electron chi connectivity index (χ1n) is 5.54. The summed E-state index contributed by atoms with van der Waals surface area (Å²) in [6, 6.07) is 9.61. The van der Waals surface area contributed by atoms with Crippen molar-refractivity contribution >= 4 is 22.9 Å². The third kappa shape index (κ3) is 3.01. The van der Waals surface area contributed by atoms with Crippen LogP contribution >= 0.6 is 12.2 Å². The van der Waals surface area contributed by atoms with Gasteiger partial charge in [0.15, 0.2) is 0 Å². The zero-order valence-corrected chi connectivity index (χ0v) is 10.9. The van der Waals surface area contributed by atoms with E-state index in [1.165, 1.54) is 0 Å². The van der Waals surface area contributed by atoms with E-state index in [0.717, 1.165) is 17.1 Å². The van der Waals surface area contributed by atoms with E-state index in [2.05, 4.69) is 14.9 Å². The van der Waals surface area contributed by atoms with E-state index in [9.17, 15) is 0 Å². The van der Waals surface area contributed by atoms with Crippen LogP contribution in [0.2, 0.25) is 0 Å². The fourth-order valence-corrected chi connectivity index (χ4v) is 1.73. The number of hydrogen-bond donors (Lipinski definition) is 1. The number of aromatic nitrogens is 2. The summed E-state index contributed by atoms with van der Waals surface area (Å²) in [5.41, 5.74) is 7.51. The number of nitrogens with two attached hydrogens (primary N) is 1. The molecule has 0 fully saturated rings. The Hall–Kier alpha value is -2.01. The smallest absolute Gasteiger partial charge is 0.147 e. The predicted octanol–water partition coefficient (Wildman–Crippen LogP) is 1.75. The predicted molar refractivity (Wildman–Crippen MR) is 76.5 cm³/mol. The van der Waals surface area contributed by atoms with E-state index in [1.807, 2.05) is 31.3 Å². The first-order chi connectivity index (χ1) is 8.66. The first kappa shape index (κ1) is 12.4. The van der Waals surface area contributed by atoms with E-state index in [4.69, 9.17) is 18.0 Å². The summed E-state index contributed by atoms with van der Waals surface area (Å²) in [5, 5.41) is 0. The second-order valence-corrected chi connectivity index (χ2v) is 4.37. The van der Waals surface area contributed by atoms with E-state index < -0.39 is 0 Å². The maximum absolute atomic E-state index is 5.56. The van der Waals surface area contributed by atoms with Crippen molar-refractivity contribution in [2.24, 2.45) is 5.73 Å². The molecule has 2 aromatic rings. The Bertz CT molecular complexity index is 524. The van der Waals surface area contributed by atoms with Gasteiger partial charge in [0, 0.05) is 30.7 Å². The van der Waals surface area contributed by atoms with E-state index >= 15 is 0 Å². The Balaban J connectivity index is 2.09. The molecule has 0 spiro atoms. The van der Waals surface area contributed by atoms with Gasteiger partial charge in [0.25, 0.3) is 0 Å². The van der Waals surface area contributed by atoms with Crippen molar-refractivity contribution in [3.63, 3.8) is 0 Å². The standard InChI is InChI=1S/C13H14N4S/c1-17(9-12-15-7-2-8-16-12)11-5-3-10(4-6-11)13(14)18/h2-8H,9H2,1H3,(H2,14,18). The van der Waals surface area contributed by atoms with Crippen molar-refractivity contribution in [1.82, 2.24) is 9.97 Å². The molecule has 0 aliphatic heterocycles. The highest BCUT2D eigenvalue weighted by Gasteiger charge is 2.04. The lowest BCUT2D eigenvalue weighted by Crippen LogP contribution is -2.18. The summed E-state index contributed by atoms with van der Waals surface area (Å²) in [5.74, 6) is 0.790. The zero-order valence-electron chi connectivity index (χ0n) is 10.1. The fraction of sp³-hybridized carbons (Fsp3) is 0.154. The lowest BCUT2D eigenvalue weighted by atomic mass is 10.2. The third-order valence-electron chi connectivity index (χ3n) is 2.59. The summed E-state index contributed by atoms with van der Waals surface area (Å²) >= 11 is 4.92. The molecule has 0 amide bonds. The molecule has 0 bridgehead atoms. The number of nitrogens with zero attached hydrogens (tertiary/aromatic N) is 3. The molecule has 92 valence electrons. The molecule has 0 atom stereocenters. The van der Waals surface area contributed by atoms with Crippen LogP contribution in [0, 0.1) is 0 Å². The largest absolute Gasteiger partial charge is 0.389 e. The molecular formula is C13H14N4S. The average Bonchev–Trinajstić information content (AvgIpc) is 2.40. The van der Waals surface area contributed by atoms with Gasteiger partial charge in [-0.05, 0) is 30.3 Å². The van der Waals surface area contributed by atoms with Crippen molar-refractivity contribution in [3.8, 4) is 0 Å². The van der Waals surface area contributed by atoms with Crippen molar-refractivity contribution in [3.05, 3.63) is 54.1 Å². The molecule has 0 saturated heterocycles. The molecule has 0 radical (unpaired) electrons. The quantitative estimate of drug-likeness (QED) is 0.847. The molecule has 5 heteroatoms. The highest BCUT2D eigenvalue weighted by atomic mass is 32.1. The van der Waals surface area contributed by atoms with Crippen molar-refractivity contribution < 1.29 is 0 Å².